The number of carbonyl (C=O) groups excluding carboxylic acids is 1. The summed E-state index contributed by atoms with van der Waals surface area (Å²) < 4.78 is 4.61. The molecule has 0 aromatic rings. The zero-order valence-corrected chi connectivity index (χ0v) is 13.0. The molecule has 0 aromatic carbocycles. The van der Waals surface area contributed by atoms with Gasteiger partial charge in [-0.2, -0.15) is 0 Å². The highest BCUT2D eigenvalue weighted by Gasteiger charge is 1.98. The van der Waals surface area contributed by atoms with Crippen molar-refractivity contribution >= 4 is 5.97 Å². The number of unbranched alkanes of at least 4 members (excludes halogenated alkanes) is 9. The second-order valence-electron chi connectivity index (χ2n) is 5.20. The van der Waals surface area contributed by atoms with Gasteiger partial charge >= 0.3 is 5.97 Å². The molecule has 19 heavy (non-hydrogen) atoms. The molecule has 112 valence electrons. The second kappa shape index (κ2) is 15.3. The Morgan fingerprint density at radius 3 is 1.89 bits per heavy atom. The van der Waals surface area contributed by atoms with Gasteiger partial charge in [-0.25, -0.2) is 0 Å². The maximum absolute atomic E-state index is 10.9. The molecule has 0 saturated carbocycles. The summed E-state index contributed by atoms with van der Waals surface area (Å²) >= 11 is 0. The molecule has 0 radical (unpaired) electrons. The minimum absolute atomic E-state index is 0.0806. The SMILES string of the molecule is CCCCCCCC=CCCCCCCC(=O)OC. The molecule has 0 bridgehead atoms. The van der Waals surface area contributed by atoms with Crippen LogP contribution < -0.4 is 0 Å². The quantitative estimate of drug-likeness (QED) is 0.253. The average Bonchev–Trinajstić information content (AvgIpc) is 2.43. The first kappa shape index (κ1) is 18.2. The van der Waals surface area contributed by atoms with Crippen LogP contribution in [0.2, 0.25) is 0 Å². The molecular weight excluding hydrogens is 236 g/mol. The first-order valence-electron chi connectivity index (χ1n) is 8.03. The van der Waals surface area contributed by atoms with Crippen LogP contribution in [0.25, 0.3) is 0 Å². The van der Waals surface area contributed by atoms with Gasteiger partial charge < -0.3 is 4.74 Å². The molecule has 0 atom stereocenters. The van der Waals surface area contributed by atoms with Gasteiger partial charge in [-0.15, -0.1) is 0 Å². The predicted octanol–water partition coefficient (Wildman–Crippen LogP) is 5.42. The lowest BCUT2D eigenvalue weighted by Gasteiger charge is -1.99. The van der Waals surface area contributed by atoms with Crippen LogP contribution >= 0.6 is 0 Å². The van der Waals surface area contributed by atoms with E-state index in [0.717, 1.165) is 12.8 Å². The van der Waals surface area contributed by atoms with Crippen LogP contribution in [0.1, 0.15) is 84.0 Å². The highest BCUT2D eigenvalue weighted by molar-refractivity contribution is 5.68. The highest BCUT2D eigenvalue weighted by atomic mass is 16.5. The molecule has 2 nitrogen and oxygen atoms in total. The maximum atomic E-state index is 10.9. The Morgan fingerprint density at radius 1 is 0.842 bits per heavy atom. The number of hydrogen-bond donors (Lipinski definition) is 0. The summed E-state index contributed by atoms with van der Waals surface area (Å²) in [6.45, 7) is 2.26. The topological polar surface area (TPSA) is 26.3 Å². The number of methoxy groups -OCH3 is 1. The zero-order valence-electron chi connectivity index (χ0n) is 13.0. The van der Waals surface area contributed by atoms with Gasteiger partial charge in [0, 0.05) is 6.42 Å². The molecule has 2 heteroatoms. The summed E-state index contributed by atoms with van der Waals surface area (Å²) in [5.41, 5.74) is 0. The van der Waals surface area contributed by atoms with E-state index in [4.69, 9.17) is 0 Å². The Labute approximate surface area is 119 Å². The van der Waals surface area contributed by atoms with Crippen molar-refractivity contribution < 1.29 is 9.53 Å². The van der Waals surface area contributed by atoms with E-state index in [1.165, 1.54) is 64.9 Å². The third-order valence-corrected chi connectivity index (χ3v) is 3.37. The molecule has 0 aliphatic carbocycles. The molecule has 0 rings (SSSR count). The summed E-state index contributed by atoms with van der Waals surface area (Å²) in [5, 5.41) is 0. The average molecular weight is 268 g/mol. The lowest BCUT2D eigenvalue weighted by atomic mass is 10.1. The molecular formula is C17H32O2. The van der Waals surface area contributed by atoms with Gasteiger partial charge in [0.25, 0.3) is 0 Å². The van der Waals surface area contributed by atoms with Gasteiger partial charge in [0.05, 0.1) is 7.11 Å². The van der Waals surface area contributed by atoms with Crippen LogP contribution in [0, 0.1) is 0 Å². The molecule has 0 aromatic heterocycles. The van der Waals surface area contributed by atoms with E-state index in [2.05, 4.69) is 23.8 Å². The summed E-state index contributed by atoms with van der Waals surface area (Å²) in [7, 11) is 1.45. The molecule has 0 amide bonds. The van der Waals surface area contributed by atoms with E-state index in [9.17, 15) is 4.79 Å². The summed E-state index contributed by atoms with van der Waals surface area (Å²) in [6.07, 6.45) is 19.1. The van der Waals surface area contributed by atoms with Crippen LogP contribution in [0.4, 0.5) is 0 Å². The number of esters is 1. The number of ether oxygens (including phenoxy) is 1. The minimum atomic E-state index is -0.0806. The van der Waals surface area contributed by atoms with Gasteiger partial charge in [0.2, 0.25) is 0 Å². The normalized spacial score (nSPS) is 11.1. The van der Waals surface area contributed by atoms with Gasteiger partial charge in [0.15, 0.2) is 0 Å². The number of allylic oxidation sites excluding steroid dienone is 2. The van der Waals surface area contributed by atoms with Crippen molar-refractivity contribution in [3.05, 3.63) is 12.2 Å². The van der Waals surface area contributed by atoms with E-state index in [0.29, 0.717) is 6.42 Å². The van der Waals surface area contributed by atoms with Crippen LogP contribution in [0.3, 0.4) is 0 Å². The summed E-state index contributed by atoms with van der Waals surface area (Å²) in [4.78, 5) is 10.9. The van der Waals surface area contributed by atoms with E-state index < -0.39 is 0 Å². The molecule has 0 aliphatic heterocycles. The fourth-order valence-corrected chi connectivity index (χ4v) is 2.09. The van der Waals surface area contributed by atoms with Crippen molar-refractivity contribution in [3.63, 3.8) is 0 Å². The van der Waals surface area contributed by atoms with Crippen LogP contribution in [-0.2, 0) is 9.53 Å². The first-order valence-corrected chi connectivity index (χ1v) is 8.03. The molecule has 0 spiro atoms. The van der Waals surface area contributed by atoms with E-state index in [-0.39, 0.29) is 5.97 Å². The molecule has 0 fully saturated rings. The Bertz CT molecular complexity index is 221. The lowest BCUT2D eigenvalue weighted by Crippen LogP contribution is -1.98. The van der Waals surface area contributed by atoms with E-state index in [1.54, 1.807) is 0 Å². The Balaban J connectivity index is 3.10. The van der Waals surface area contributed by atoms with Crippen molar-refractivity contribution in [1.29, 1.82) is 0 Å². The molecule has 0 heterocycles. The van der Waals surface area contributed by atoms with Crippen LogP contribution in [-0.4, -0.2) is 13.1 Å². The second-order valence-corrected chi connectivity index (χ2v) is 5.20. The predicted molar refractivity (Wildman–Crippen MR) is 82.2 cm³/mol. The monoisotopic (exact) mass is 268 g/mol. The van der Waals surface area contributed by atoms with Crippen molar-refractivity contribution in [3.8, 4) is 0 Å². The van der Waals surface area contributed by atoms with Crippen molar-refractivity contribution in [2.45, 2.75) is 84.0 Å². The molecule has 0 aliphatic rings. The summed E-state index contributed by atoms with van der Waals surface area (Å²) in [5.74, 6) is -0.0806. The molecule has 0 saturated heterocycles. The standard InChI is InChI=1S/C17H32O2/c1-3-4-5-6-7-8-9-10-11-12-13-14-15-16-17(18)19-2/h9-10H,3-8,11-16H2,1-2H3. The van der Waals surface area contributed by atoms with Crippen LogP contribution in [0.5, 0.6) is 0 Å². The highest BCUT2D eigenvalue weighted by Crippen LogP contribution is 2.08. The zero-order chi connectivity index (χ0) is 14.2. The van der Waals surface area contributed by atoms with Crippen molar-refractivity contribution in [2.24, 2.45) is 0 Å². The van der Waals surface area contributed by atoms with Gasteiger partial charge in [-0.05, 0) is 32.1 Å². The Hall–Kier alpha value is -0.790. The third-order valence-electron chi connectivity index (χ3n) is 3.37. The molecule has 0 N–H and O–H groups in total. The minimum Gasteiger partial charge on any atom is -0.469 e. The van der Waals surface area contributed by atoms with E-state index >= 15 is 0 Å². The van der Waals surface area contributed by atoms with E-state index in [1.807, 2.05) is 0 Å². The molecule has 0 unspecified atom stereocenters. The Morgan fingerprint density at radius 2 is 1.37 bits per heavy atom. The smallest absolute Gasteiger partial charge is 0.305 e. The van der Waals surface area contributed by atoms with Crippen molar-refractivity contribution in [2.75, 3.05) is 7.11 Å². The number of carbonyl (C=O) groups is 1. The fraction of sp³-hybridized carbons (Fsp3) is 0.824. The van der Waals surface area contributed by atoms with Crippen LogP contribution in [0.15, 0.2) is 12.2 Å². The summed E-state index contributed by atoms with van der Waals surface area (Å²) in [6, 6.07) is 0. The third kappa shape index (κ3) is 15.2. The van der Waals surface area contributed by atoms with Crippen molar-refractivity contribution in [1.82, 2.24) is 0 Å². The first-order chi connectivity index (χ1) is 9.31. The van der Waals surface area contributed by atoms with Gasteiger partial charge in [-0.1, -0.05) is 57.6 Å². The fourth-order valence-electron chi connectivity index (χ4n) is 2.09. The largest absolute Gasteiger partial charge is 0.469 e. The maximum Gasteiger partial charge on any atom is 0.305 e. The van der Waals surface area contributed by atoms with Gasteiger partial charge in [0.1, 0.15) is 0 Å². The van der Waals surface area contributed by atoms with Gasteiger partial charge in [-0.3, -0.25) is 4.79 Å². The Kier molecular flexibility index (Phi) is 14.6. The number of rotatable bonds is 13. The number of hydrogen-bond acceptors (Lipinski definition) is 2. The lowest BCUT2D eigenvalue weighted by molar-refractivity contribution is -0.140.